The van der Waals surface area contributed by atoms with E-state index in [9.17, 15) is 19.2 Å². The highest BCUT2D eigenvalue weighted by Gasteiger charge is 2.51. The molecule has 1 aromatic carbocycles. The van der Waals surface area contributed by atoms with Gasteiger partial charge in [0.05, 0.1) is 0 Å². The minimum Gasteiger partial charge on any atom is -0.486 e. The molecule has 13 nitrogen and oxygen atoms in total. The van der Waals surface area contributed by atoms with Crippen LogP contribution in [0.2, 0.25) is 0 Å². The van der Waals surface area contributed by atoms with Gasteiger partial charge in [0.2, 0.25) is 5.91 Å². The lowest BCUT2D eigenvalue weighted by molar-refractivity contribution is -0.211. The summed E-state index contributed by atoms with van der Waals surface area (Å²) in [6, 6.07) is 6.73. The molecule has 14 heteroatoms. The highest BCUT2D eigenvalue weighted by Crippen LogP contribution is 2.36. The standard InChI is InChI=1S/C29H40N4O9S/c1-7-8-9-13-33-24(16-39-22-12-10-11-17(2)14-22)31-32-29(33)43-28-25(30-18(3)34)27(41-21(6)37)26(40-20(5)36)23(42-28)15-38-19(4)35/h10-12,14,23,25-28H,7-9,13,15-16H2,1-6H3,(H,30,34)/t23-,25-,26+,27-,28-/m0/s1. The van der Waals surface area contributed by atoms with Crippen LogP contribution in [0.25, 0.3) is 0 Å². The van der Waals surface area contributed by atoms with Crippen molar-refractivity contribution in [2.45, 2.75) is 109 Å². The topological polar surface area (TPSA) is 157 Å². The number of carbonyl (C=O) groups is 4. The summed E-state index contributed by atoms with van der Waals surface area (Å²) >= 11 is 1.16. The molecule has 1 aliphatic heterocycles. The molecule has 1 aliphatic rings. The Morgan fingerprint density at radius 2 is 1.72 bits per heavy atom. The number of unbranched alkanes of at least 4 members (excludes halogenated alkanes) is 2. The summed E-state index contributed by atoms with van der Waals surface area (Å²) in [5.41, 5.74) is 0.162. The number of rotatable bonds is 14. The molecule has 2 heterocycles. The largest absolute Gasteiger partial charge is 0.486 e. The van der Waals surface area contributed by atoms with Crippen molar-refractivity contribution in [3.8, 4) is 5.75 Å². The quantitative estimate of drug-likeness (QED) is 0.187. The predicted octanol–water partition coefficient (Wildman–Crippen LogP) is 3.10. The van der Waals surface area contributed by atoms with Crippen LogP contribution in [0.15, 0.2) is 29.4 Å². The van der Waals surface area contributed by atoms with Gasteiger partial charge in [-0.15, -0.1) is 10.2 Å². The molecule has 1 aromatic heterocycles. The monoisotopic (exact) mass is 620 g/mol. The first kappa shape index (κ1) is 33.8. The molecule has 1 saturated heterocycles. The normalized spacial score (nSPS) is 21.5. The van der Waals surface area contributed by atoms with Crippen molar-refractivity contribution in [3.63, 3.8) is 0 Å². The third kappa shape index (κ3) is 10.2. The van der Waals surface area contributed by atoms with Crippen LogP contribution in [-0.4, -0.2) is 75.0 Å². The number of aryl methyl sites for hydroxylation is 1. The Morgan fingerprint density at radius 3 is 2.35 bits per heavy atom. The van der Waals surface area contributed by atoms with Crippen LogP contribution >= 0.6 is 11.8 Å². The van der Waals surface area contributed by atoms with Gasteiger partial charge in [-0.25, -0.2) is 0 Å². The van der Waals surface area contributed by atoms with Gasteiger partial charge in [0.25, 0.3) is 0 Å². The number of benzene rings is 1. The van der Waals surface area contributed by atoms with Gasteiger partial charge >= 0.3 is 17.9 Å². The van der Waals surface area contributed by atoms with Crippen LogP contribution in [0.4, 0.5) is 0 Å². The maximum atomic E-state index is 12.3. The number of nitrogens with one attached hydrogen (secondary N) is 1. The average Bonchev–Trinajstić information content (AvgIpc) is 3.30. The lowest BCUT2D eigenvalue weighted by Crippen LogP contribution is -2.65. The second-order valence-electron chi connectivity index (χ2n) is 10.2. The van der Waals surface area contributed by atoms with E-state index in [1.165, 1.54) is 27.7 Å². The zero-order chi connectivity index (χ0) is 31.5. The number of ether oxygens (including phenoxy) is 5. The van der Waals surface area contributed by atoms with E-state index in [-0.39, 0.29) is 13.2 Å². The molecule has 1 amide bonds. The van der Waals surface area contributed by atoms with E-state index in [2.05, 4.69) is 22.4 Å². The number of esters is 3. The molecule has 0 saturated carbocycles. The molecule has 1 N–H and O–H groups in total. The van der Waals surface area contributed by atoms with Gasteiger partial charge in [-0.1, -0.05) is 43.7 Å². The van der Waals surface area contributed by atoms with Crippen molar-refractivity contribution >= 4 is 35.6 Å². The van der Waals surface area contributed by atoms with Gasteiger partial charge < -0.3 is 33.6 Å². The van der Waals surface area contributed by atoms with E-state index >= 15 is 0 Å². The highest BCUT2D eigenvalue weighted by atomic mass is 32.2. The molecule has 0 bridgehead atoms. The van der Waals surface area contributed by atoms with Crippen molar-refractivity contribution < 1.29 is 42.9 Å². The average molecular weight is 621 g/mol. The summed E-state index contributed by atoms with van der Waals surface area (Å²) in [7, 11) is 0. The first-order valence-electron chi connectivity index (χ1n) is 14.2. The summed E-state index contributed by atoms with van der Waals surface area (Å²) in [5, 5.41) is 12.1. The van der Waals surface area contributed by atoms with Crippen LogP contribution in [-0.2, 0) is 51.3 Å². The highest BCUT2D eigenvalue weighted by molar-refractivity contribution is 7.99. The smallest absolute Gasteiger partial charge is 0.303 e. The van der Waals surface area contributed by atoms with Gasteiger partial charge in [0, 0.05) is 34.2 Å². The first-order chi connectivity index (χ1) is 20.5. The molecule has 236 valence electrons. The van der Waals surface area contributed by atoms with Crippen molar-refractivity contribution in [2.24, 2.45) is 0 Å². The maximum Gasteiger partial charge on any atom is 0.303 e. The molecule has 43 heavy (non-hydrogen) atoms. The van der Waals surface area contributed by atoms with Gasteiger partial charge in [-0.3, -0.25) is 19.2 Å². The second-order valence-corrected chi connectivity index (χ2v) is 11.3. The van der Waals surface area contributed by atoms with Crippen molar-refractivity contribution in [3.05, 3.63) is 35.7 Å². The summed E-state index contributed by atoms with van der Waals surface area (Å²) < 4.78 is 30.5. The van der Waals surface area contributed by atoms with E-state index in [4.69, 9.17) is 23.7 Å². The van der Waals surface area contributed by atoms with E-state index in [1.54, 1.807) is 0 Å². The van der Waals surface area contributed by atoms with Crippen molar-refractivity contribution in [1.29, 1.82) is 0 Å². The summed E-state index contributed by atoms with van der Waals surface area (Å²) in [5.74, 6) is -1.03. The minimum atomic E-state index is -1.17. The Morgan fingerprint density at radius 1 is 1.00 bits per heavy atom. The number of carbonyl (C=O) groups excluding carboxylic acids is 4. The van der Waals surface area contributed by atoms with Gasteiger partial charge in [-0.2, -0.15) is 0 Å². The molecule has 0 spiro atoms. The third-order valence-electron chi connectivity index (χ3n) is 6.43. The fourth-order valence-corrected chi connectivity index (χ4v) is 5.79. The molecule has 2 aromatic rings. The number of amides is 1. The molecule has 0 aliphatic carbocycles. The van der Waals surface area contributed by atoms with Gasteiger partial charge in [0.15, 0.2) is 23.2 Å². The summed E-state index contributed by atoms with van der Waals surface area (Å²) in [6.45, 7) is 9.53. The fraction of sp³-hybridized carbons (Fsp3) is 0.586. The Labute approximate surface area is 255 Å². The molecule has 0 unspecified atom stereocenters. The van der Waals surface area contributed by atoms with E-state index in [0.717, 1.165) is 36.6 Å². The number of nitrogens with zero attached hydrogens (tertiary/aromatic N) is 3. The zero-order valence-electron chi connectivity index (χ0n) is 25.4. The maximum absolute atomic E-state index is 12.3. The SMILES string of the molecule is CCCCCn1c(COc2cccc(C)c2)nnc1S[C@@H]1O[C@@H](COC(C)=O)[C@@H](OC(C)=O)[C@@H](OC(C)=O)[C@@H]1NC(C)=O. The Balaban J connectivity index is 1.97. The number of hydrogen-bond acceptors (Lipinski definition) is 12. The Hall–Kier alpha value is -3.65. The van der Waals surface area contributed by atoms with Gasteiger partial charge in [-0.05, 0) is 31.0 Å². The lowest BCUT2D eigenvalue weighted by Gasteiger charge is -2.44. The molecule has 5 atom stereocenters. The van der Waals surface area contributed by atoms with Crippen LogP contribution in [0.3, 0.4) is 0 Å². The molecular weight excluding hydrogens is 580 g/mol. The summed E-state index contributed by atoms with van der Waals surface area (Å²) in [4.78, 5) is 48.2. The molecule has 0 radical (unpaired) electrons. The summed E-state index contributed by atoms with van der Waals surface area (Å²) in [6.07, 6.45) is -0.485. The van der Waals surface area contributed by atoms with Crippen LogP contribution < -0.4 is 10.1 Å². The first-order valence-corrected chi connectivity index (χ1v) is 15.0. The molecule has 1 fully saturated rings. The number of thioether (sulfide) groups is 1. The second kappa shape index (κ2) is 16.3. The van der Waals surface area contributed by atoms with Crippen molar-refractivity contribution in [2.75, 3.05) is 6.61 Å². The minimum absolute atomic E-state index is 0.170. The molecular formula is C29H40N4O9S. The van der Waals surface area contributed by atoms with Crippen molar-refractivity contribution in [1.82, 2.24) is 20.1 Å². The van der Waals surface area contributed by atoms with Gasteiger partial charge in [0.1, 0.15) is 36.5 Å². The van der Waals surface area contributed by atoms with Crippen LogP contribution in [0, 0.1) is 6.92 Å². The lowest BCUT2D eigenvalue weighted by atomic mass is 9.97. The third-order valence-corrected chi connectivity index (χ3v) is 7.58. The number of aromatic nitrogens is 3. The Bertz CT molecular complexity index is 1270. The fourth-order valence-electron chi connectivity index (χ4n) is 4.61. The van der Waals surface area contributed by atoms with Crippen LogP contribution in [0.1, 0.15) is 65.3 Å². The predicted molar refractivity (Wildman–Crippen MR) is 155 cm³/mol. The number of hydrogen-bond donors (Lipinski definition) is 1. The Kier molecular flexibility index (Phi) is 12.8. The zero-order valence-corrected chi connectivity index (χ0v) is 26.2. The van der Waals surface area contributed by atoms with E-state index < -0.39 is 53.6 Å². The van der Waals surface area contributed by atoms with Crippen LogP contribution in [0.5, 0.6) is 5.75 Å². The van der Waals surface area contributed by atoms with E-state index in [0.29, 0.717) is 23.3 Å². The molecule has 3 rings (SSSR count). The van der Waals surface area contributed by atoms with E-state index in [1.807, 2.05) is 35.8 Å².